The first-order valence-corrected chi connectivity index (χ1v) is 13.5. The molecule has 2 saturated carbocycles. The summed E-state index contributed by atoms with van der Waals surface area (Å²) in [5.41, 5.74) is -0.184. The maximum Gasteiger partial charge on any atom is 0.168 e. The summed E-state index contributed by atoms with van der Waals surface area (Å²) in [6.45, 7) is 11.8. The summed E-state index contributed by atoms with van der Waals surface area (Å²) in [7, 11) is 0. The van der Waals surface area contributed by atoms with E-state index in [1.54, 1.807) is 0 Å². The van der Waals surface area contributed by atoms with Crippen molar-refractivity contribution in [3.63, 3.8) is 0 Å². The number of aliphatic hydroxyl groups is 2. The maximum absolute atomic E-state index is 9.78. The van der Waals surface area contributed by atoms with Crippen LogP contribution in [0.1, 0.15) is 91.9 Å². The van der Waals surface area contributed by atoms with Gasteiger partial charge in [0.05, 0.1) is 39.6 Å². The Morgan fingerprint density at radius 2 is 0.939 bits per heavy atom. The lowest BCUT2D eigenvalue weighted by Crippen LogP contribution is -2.54. The van der Waals surface area contributed by atoms with E-state index in [0.717, 1.165) is 64.2 Å². The fourth-order valence-corrected chi connectivity index (χ4v) is 6.63. The molecule has 4 aliphatic rings. The summed E-state index contributed by atoms with van der Waals surface area (Å²) in [6.07, 6.45) is 10.1. The second-order valence-corrected chi connectivity index (χ2v) is 12.4. The van der Waals surface area contributed by atoms with Crippen LogP contribution in [-0.4, -0.2) is 61.4 Å². The highest BCUT2D eigenvalue weighted by atomic mass is 16.7. The van der Waals surface area contributed by atoms with Gasteiger partial charge in [-0.05, 0) is 55.8 Å². The van der Waals surface area contributed by atoms with E-state index in [1.165, 1.54) is 0 Å². The molecule has 0 radical (unpaired) electrons. The molecule has 2 N–H and O–H groups in total. The molecule has 0 atom stereocenters. The first kappa shape index (κ1) is 25.8. The Morgan fingerprint density at radius 1 is 0.636 bits per heavy atom. The summed E-state index contributed by atoms with van der Waals surface area (Å²) in [6, 6.07) is 0. The van der Waals surface area contributed by atoms with Gasteiger partial charge in [0.15, 0.2) is 11.6 Å². The molecule has 0 aromatic rings. The van der Waals surface area contributed by atoms with Crippen LogP contribution in [-0.2, 0) is 18.9 Å². The fourth-order valence-electron chi connectivity index (χ4n) is 6.63. The molecule has 4 fully saturated rings. The normalized spacial score (nSPS) is 44.9. The van der Waals surface area contributed by atoms with Crippen LogP contribution in [0.4, 0.5) is 0 Å². The third-order valence-corrected chi connectivity index (χ3v) is 10.3. The Labute approximate surface area is 200 Å². The number of ether oxygens (including phenoxy) is 4. The lowest BCUT2D eigenvalue weighted by atomic mass is 9.59. The summed E-state index contributed by atoms with van der Waals surface area (Å²) in [4.78, 5) is 0. The average molecular weight is 469 g/mol. The topological polar surface area (TPSA) is 77.4 Å². The van der Waals surface area contributed by atoms with Gasteiger partial charge in [0.2, 0.25) is 0 Å². The predicted molar refractivity (Wildman–Crippen MR) is 127 cm³/mol. The van der Waals surface area contributed by atoms with Gasteiger partial charge in [-0.2, -0.15) is 0 Å². The molecule has 6 nitrogen and oxygen atoms in total. The van der Waals surface area contributed by atoms with E-state index in [9.17, 15) is 10.2 Å². The third kappa shape index (κ3) is 4.90. The zero-order chi connectivity index (χ0) is 23.8. The molecule has 0 amide bonds. The standard InChI is InChI=1S/C27H48O6/c1-5-24(15-28)17-30-26(31-18-24)11-7-21(8-12-26)23(3,4)22-9-13-27(14-10-22)32-19-25(6-2,16-29)20-33-27/h21-22,28-29H,5-20H2,1-4H3. The van der Waals surface area contributed by atoms with E-state index < -0.39 is 11.6 Å². The first-order chi connectivity index (χ1) is 15.7. The zero-order valence-corrected chi connectivity index (χ0v) is 21.5. The van der Waals surface area contributed by atoms with E-state index in [-0.39, 0.29) is 29.5 Å². The van der Waals surface area contributed by atoms with Crippen LogP contribution in [0, 0.1) is 28.1 Å². The second-order valence-electron chi connectivity index (χ2n) is 12.4. The molecule has 2 heterocycles. The van der Waals surface area contributed by atoms with Crippen LogP contribution < -0.4 is 0 Å². The van der Waals surface area contributed by atoms with Crippen molar-refractivity contribution in [3.8, 4) is 0 Å². The molecule has 192 valence electrons. The van der Waals surface area contributed by atoms with Crippen LogP contribution >= 0.6 is 0 Å². The van der Waals surface area contributed by atoms with Gasteiger partial charge in [-0.3, -0.25) is 0 Å². The van der Waals surface area contributed by atoms with Crippen molar-refractivity contribution in [2.24, 2.45) is 28.1 Å². The number of rotatable bonds is 6. The minimum Gasteiger partial charge on any atom is -0.396 e. The Balaban J connectivity index is 1.28. The van der Waals surface area contributed by atoms with Crippen molar-refractivity contribution in [3.05, 3.63) is 0 Å². The quantitative estimate of drug-likeness (QED) is 0.591. The molecule has 0 aromatic carbocycles. The summed E-state index contributed by atoms with van der Waals surface area (Å²) in [5, 5.41) is 19.6. The van der Waals surface area contributed by atoms with Crippen molar-refractivity contribution in [1.29, 1.82) is 0 Å². The zero-order valence-electron chi connectivity index (χ0n) is 21.5. The van der Waals surface area contributed by atoms with E-state index in [0.29, 0.717) is 38.3 Å². The molecule has 0 aromatic heterocycles. The smallest absolute Gasteiger partial charge is 0.168 e. The van der Waals surface area contributed by atoms with E-state index >= 15 is 0 Å². The SMILES string of the molecule is CCC1(CO)COC2(CCC(C(C)(C)C3CCC4(CC3)OCC(CC)(CO)CO4)CC2)OC1. The van der Waals surface area contributed by atoms with Crippen LogP contribution in [0.2, 0.25) is 0 Å². The molecule has 2 spiro atoms. The largest absolute Gasteiger partial charge is 0.396 e. The van der Waals surface area contributed by atoms with Gasteiger partial charge in [-0.15, -0.1) is 0 Å². The Bertz CT molecular complexity index is 559. The van der Waals surface area contributed by atoms with Crippen molar-refractivity contribution in [2.45, 2.75) is 103 Å². The Hall–Kier alpha value is -0.240. The molecule has 0 bridgehead atoms. The number of aliphatic hydroxyl groups excluding tert-OH is 2. The van der Waals surface area contributed by atoms with E-state index in [4.69, 9.17) is 18.9 Å². The first-order valence-electron chi connectivity index (χ1n) is 13.5. The molecular weight excluding hydrogens is 420 g/mol. The van der Waals surface area contributed by atoms with Gasteiger partial charge in [-0.25, -0.2) is 0 Å². The molecule has 4 rings (SSSR count). The molecular formula is C27H48O6. The van der Waals surface area contributed by atoms with Gasteiger partial charge < -0.3 is 29.2 Å². The molecule has 2 aliphatic carbocycles. The highest BCUT2D eigenvalue weighted by Crippen LogP contribution is 2.54. The molecule has 6 heteroatoms. The number of hydrogen-bond donors (Lipinski definition) is 2. The highest BCUT2D eigenvalue weighted by Gasteiger charge is 2.51. The van der Waals surface area contributed by atoms with Gasteiger partial charge in [0.25, 0.3) is 0 Å². The lowest BCUT2D eigenvalue weighted by molar-refractivity contribution is -0.327. The van der Waals surface area contributed by atoms with Crippen molar-refractivity contribution in [2.75, 3.05) is 39.6 Å². The molecule has 33 heavy (non-hydrogen) atoms. The van der Waals surface area contributed by atoms with E-state index in [1.807, 2.05) is 0 Å². The minimum atomic E-state index is -0.431. The monoisotopic (exact) mass is 468 g/mol. The Kier molecular flexibility index (Phi) is 7.57. The van der Waals surface area contributed by atoms with Gasteiger partial charge in [0.1, 0.15) is 0 Å². The number of hydrogen-bond acceptors (Lipinski definition) is 6. The van der Waals surface area contributed by atoms with Gasteiger partial charge >= 0.3 is 0 Å². The summed E-state index contributed by atoms with van der Waals surface area (Å²) >= 11 is 0. The van der Waals surface area contributed by atoms with Crippen molar-refractivity contribution >= 4 is 0 Å². The van der Waals surface area contributed by atoms with Gasteiger partial charge in [-0.1, -0.05) is 27.7 Å². The van der Waals surface area contributed by atoms with Crippen LogP contribution in [0.15, 0.2) is 0 Å². The molecule has 0 unspecified atom stereocenters. The predicted octanol–water partition coefficient (Wildman–Crippen LogP) is 4.66. The lowest BCUT2D eigenvalue weighted by Gasteiger charge is -2.53. The van der Waals surface area contributed by atoms with E-state index in [2.05, 4.69) is 27.7 Å². The van der Waals surface area contributed by atoms with Gasteiger partial charge in [0, 0.05) is 36.5 Å². The second kappa shape index (κ2) is 9.67. The van der Waals surface area contributed by atoms with Crippen LogP contribution in [0.3, 0.4) is 0 Å². The Morgan fingerprint density at radius 3 is 1.18 bits per heavy atom. The average Bonchev–Trinajstić information content (AvgIpc) is 2.86. The fraction of sp³-hybridized carbons (Fsp3) is 1.00. The molecule has 2 saturated heterocycles. The maximum atomic E-state index is 9.78. The van der Waals surface area contributed by atoms with Crippen molar-refractivity contribution < 1.29 is 29.2 Å². The highest BCUT2D eigenvalue weighted by molar-refractivity contribution is 4.96. The minimum absolute atomic E-state index is 0.130. The van der Waals surface area contributed by atoms with Crippen LogP contribution in [0.5, 0.6) is 0 Å². The third-order valence-electron chi connectivity index (χ3n) is 10.3. The summed E-state index contributed by atoms with van der Waals surface area (Å²) in [5.74, 6) is 0.472. The molecule has 2 aliphatic heterocycles. The van der Waals surface area contributed by atoms with Crippen molar-refractivity contribution in [1.82, 2.24) is 0 Å². The van der Waals surface area contributed by atoms with Crippen LogP contribution in [0.25, 0.3) is 0 Å². The summed E-state index contributed by atoms with van der Waals surface area (Å²) < 4.78 is 25.2.